The Kier molecular flexibility index (Phi) is 17.8. The van der Waals surface area contributed by atoms with Gasteiger partial charge in [-0.2, -0.15) is 0 Å². The van der Waals surface area contributed by atoms with Crippen LogP contribution < -0.4 is 9.47 Å². The van der Waals surface area contributed by atoms with E-state index in [-0.39, 0.29) is 0 Å². The van der Waals surface area contributed by atoms with Crippen molar-refractivity contribution in [1.82, 2.24) is 0 Å². The molecule has 0 amide bonds. The predicted molar refractivity (Wildman–Crippen MR) is 210 cm³/mol. The van der Waals surface area contributed by atoms with Crippen LogP contribution in [0.4, 0.5) is 11.4 Å². The second kappa shape index (κ2) is 23.2. The molecule has 0 N–H and O–H groups in total. The normalized spacial score (nSPS) is 11.5. The van der Waals surface area contributed by atoms with Gasteiger partial charge in [-0.1, -0.05) is 89.5 Å². The Morgan fingerprint density at radius 3 is 1.16 bits per heavy atom. The summed E-state index contributed by atoms with van der Waals surface area (Å²) in [5.74, 6) is 1.79. The van der Waals surface area contributed by atoms with Crippen molar-refractivity contribution in [3.63, 3.8) is 0 Å². The van der Waals surface area contributed by atoms with Gasteiger partial charge >= 0.3 is 0 Å². The van der Waals surface area contributed by atoms with Crippen LogP contribution in [0, 0.1) is 0 Å². The highest BCUT2D eigenvalue weighted by Crippen LogP contribution is 2.19. The Bertz CT molecular complexity index is 1360. The average molecular weight is 659 g/mol. The predicted octanol–water partition coefficient (Wildman–Crippen LogP) is 12.8. The first-order chi connectivity index (χ1) is 24.2. The number of ether oxygens (including phenoxy) is 2. The van der Waals surface area contributed by atoms with Gasteiger partial charge in [0.25, 0.3) is 0 Å². The minimum atomic E-state index is 0.703. The molecular formula is C45H58N2O2. The van der Waals surface area contributed by atoms with Gasteiger partial charge in [0.05, 0.1) is 24.6 Å². The highest BCUT2D eigenvalue weighted by molar-refractivity contribution is 5.82. The first-order valence-electron chi connectivity index (χ1n) is 18.9. The standard InChI is InChI=1S/C45H58N2O2/c1-3-5-7-9-12-16-38-18-26-42(27-19-38)46-36-40-22-30-44(31-23-40)48-34-14-11-15-35-49-45-32-24-41(25-33-45)37-47-43-28-20-39(21-29-43)17-13-10-8-6-4-2/h18-33,36-37H,3-17,34-35H2,1-2H3. The molecule has 0 atom stereocenters. The summed E-state index contributed by atoms with van der Waals surface area (Å²) in [6, 6.07) is 33.6. The van der Waals surface area contributed by atoms with Crippen LogP contribution in [0.5, 0.6) is 11.5 Å². The zero-order valence-electron chi connectivity index (χ0n) is 30.1. The van der Waals surface area contributed by atoms with E-state index in [1.807, 2.05) is 36.7 Å². The first kappa shape index (κ1) is 37.6. The van der Waals surface area contributed by atoms with Crippen LogP contribution in [0.1, 0.15) is 120 Å². The fourth-order valence-corrected chi connectivity index (χ4v) is 5.72. The van der Waals surface area contributed by atoms with Gasteiger partial charge in [-0.05, 0) is 140 Å². The summed E-state index contributed by atoms with van der Waals surface area (Å²) >= 11 is 0. The topological polar surface area (TPSA) is 43.2 Å². The van der Waals surface area contributed by atoms with Crippen molar-refractivity contribution in [1.29, 1.82) is 0 Å². The molecule has 260 valence electrons. The van der Waals surface area contributed by atoms with E-state index in [0.29, 0.717) is 13.2 Å². The molecule has 0 bridgehead atoms. The van der Waals surface area contributed by atoms with Crippen LogP contribution in [0.2, 0.25) is 0 Å². The summed E-state index contributed by atoms with van der Waals surface area (Å²) in [6.45, 7) is 5.93. The SMILES string of the molecule is CCCCCCCc1ccc(N=Cc2ccc(OCCCCCOc3ccc(C=Nc4ccc(CCCCCCC)cc4)cc3)cc2)cc1. The number of hydrogen-bond acceptors (Lipinski definition) is 4. The van der Waals surface area contributed by atoms with Crippen molar-refractivity contribution in [2.45, 2.75) is 110 Å². The molecule has 0 heterocycles. The third-order valence-electron chi connectivity index (χ3n) is 8.82. The van der Waals surface area contributed by atoms with Gasteiger partial charge < -0.3 is 9.47 Å². The second-order valence-electron chi connectivity index (χ2n) is 13.1. The van der Waals surface area contributed by atoms with Crippen molar-refractivity contribution in [2.75, 3.05) is 13.2 Å². The van der Waals surface area contributed by atoms with Crippen LogP contribution in [-0.2, 0) is 12.8 Å². The molecule has 0 radical (unpaired) electrons. The van der Waals surface area contributed by atoms with Crippen LogP contribution in [-0.4, -0.2) is 25.6 Å². The number of aliphatic imine (C=N–C) groups is 2. The number of hydrogen-bond donors (Lipinski definition) is 0. The van der Waals surface area contributed by atoms with Crippen LogP contribution in [0.25, 0.3) is 0 Å². The van der Waals surface area contributed by atoms with Gasteiger partial charge in [0.15, 0.2) is 0 Å². The lowest BCUT2D eigenvalue weighted by molar-refractivity contribution is 0.279. The van der Waals surface area contributed by atoms with Crippen molar-refractivity contribution < 1.29 is 9.47 Å². The van der Waals surface area contributed by atoms with Crippen molar-refractivity contribution in [3.05, 3.63) is 119 Å². The summed E-state index contributed by atoms with van der Waals surface area (Å²) in [6.07, 6.45) is 22.4. The molecule has 0 aromatic heterocycles. The maximum absolute atomic E-state index is 5.96. The molecule has 0 fully saturated rings. The summed E-state index contributed by atoms with van der Waals surface area (Å²) in [5, 5.41) is 0. The van der Waals surface area contributed by atoms with E-state index in [2.05, 4.69) is 96.6 Å². The number of aryl methyl sites for hydroxylation is 2. The van der Waals surface area contributed by atoms with Gasteiger partial charge in [0.1, 0.15) is 11.5 Å². The molecule has 0 aliphatic heterocycles. The maximum atomic E-state index is 5.96. The van der Waals surface area contributed by atoms with E-state index in [4.69, 9.17) is 9.47 Å². The number of nitrogens with zero attached hydrogens (tertiary/aromatic N) is 2. The van der Waals surface area contributed by atoms with Gasteiger partial charge in [0.2, 0.25) is 0 Å². The summed E-state index contributed by atoms with van der Waals surface area (Å²) in [4.78, 5) is 9.30. The highest BCUT2D eigenvalue weighted by Gasteiger charge is 2.00. The fourth-order valence-electron chi connectivity index (χ4n) is 5.72. The van der Waals surface area contributed by atoms with E-state index >= 15 is 0 Å². The molecule has 0 aliphatic carbocycles. The molecule has 0 saturated heterocycles. The van der Waals surface area contributed by atoms with Crippen molar-refractivity contribution in [2.24, 2.45) is 9.98 Å². The summed E-state index contributed by atoms with van der Waals surface area (Å²) < 4.78 is 11.9. The van der Waals surface area contributed by atoms with E-state index < -0.39 is 0 Å². The van der Waals surface area contributed by atoms with Crippen LogP contribution in [0.3, 0.4) is 0 Å². The smallest absolute Gasteiger partial charge is 0.119 e. The van der Waals surface area contributed by atoms with Crippen LogP contribution >= 0.6 is 0 Å². The molecule has 0 unspecified atom stereocenters. The average Bonchev–Trinajstić information content (AvgIpc) is 3.14. The zero-order chi connectivity index (χ0) is 34.2. The molecule has 0 spiro atoms. The lowest BCUT2D eigenvalue weighted by atomic mass is 10.1. The lowest BCUT2D eigenvalue weighted by Gasteiger charge is -2.08. The third-order valence-corrected chi connectivity index (χ3v) is 8.82. The Hall–Kier alpha value is -4.18. The Labute approximate surface area is 296 Å². The van der Waals surface area contributed by atoms with Gasteiger partial charge in [-0.25, -0.2) is 0 Å². The molecule has 0 aliphatic rings. The minimum absolute atomic E-state index is 0.703. The molecule has 4 aromatic rings. The maximum Gasteiger partial charge on any atom is 0.119 e. The van der Waals surface area contributed by atoms with E-state index in [1.54, 1.807) is 0 Å². The number of unbranched alkanes of at least 4 members (excludes halogenated alkanes) is 10. The highest BCUT2D eigenvalue weighted by atomic mass is 16.5. The molecule has 4 heteroatoms. The van der Waals surface area contributed by atoms with Crippen molar-refractivity contribution >= 4 is 23.8 Å². The lowest BCUT2D eigenvalue weighted by Crippen LogP contribution is -2.01. The Balaban J connectivity index is 1.04. The van der Waals surface area contributed by atoms with E-state index in [1.165, 1.54) is 75.3 Å². The minimum Gasteiger partial charge on any atom is -0.494 e. The van der Waals surface area contributed by atoms with E-state index in [0.717, 1.165) is 66.1 Å². The molecule has 4 nitrogen and oxygen atoms in total. The zero-order valence-corrected chi connectivity index (χ0v) is 30.1. The molecule has 0 saturated carbocycles. The van der Waals surface area contributed by atoms with Crippen LogP contribution in [0.15, 0.2) is 107 Å². The molecule has 4 aromatic carbocycles. The first-order valence-corrected chi connectivity index (χ1v) is 18.9. The quantitative estimate of drug-likeness (QED) is 0.0555. The molecule has 4 rings (SSSR count). The monoisotopic (exact) mass is 658 g/mol. The fraction of sp³-hybridized carbons (Fsp3) is 0.422. The second-order valence-corrected chi connectivity index (χ2v) is 13.1. The van der Waals surface area contributed by atoms with Gasteiger partial charge in [0, 0.05) is 12.4 Å². The summed E-state index contributed by atoms with van der Waals surface area (Å²) in [7, 11) is 0. The summed E-state index contributed by atoms with van der Waals surface area (Å²) in [5.41, 5.74) is 6.91. The largest absolute Gasteiger partial charge is 0.494 e. The van der Waals surface area contributed by atoms with Gasteiger partial charge in [-0.3, -0.25) is 9.98 Å². The number of rotatable bonds is 24. The van der Waals surface area contributed by atoms with Gasteiger partial charge in [-0.15, -0.1) is 0 Å². The third kappa shape index (κ3) is 15.7. The molecular weight excluding hydrogens is 601 g/mol. The van der Waals surface area contributed by atoms with Crippen molar-refractivity contribution in [3.8, 4) is 11.5 Å². The van der Waals surface area contributed by atoms with E-state index in [9.17, 15) is 0 Å². The Morgan fingerprint density at radius 1 is 0.408 bits per heavy atom. The Morgan fingerprint density at radius 2 is 0.776 bits per heavy atom. The number of benzene rings is 4. The molecule has 49 heavy (non-hydrogen) atoms.